The van der Waals surface area contributed by atoms with Crippen LogP contribution in [0.15, 0.2) is 24.3 Å². The Balaban J connectivity index is 1.72. The van der Waals surface area contributed by atoms with Crippen molar-refractivity contribution in [2.75, 3.05) is 44.7 Å². The molecule has 1 aromatic carbocycles. The van der Waals surface area contributed by atoms with E-state index in [1.807, 2.05) is 31.2 Å². The molecule has 2 rings (SSSR count). The lowest BCUT2D eigenvalue weighted by molar-refractivity contribution is -0.0283. The normalized spacial score (nSPS) is 18.4. The summed E-state index contributed by atoms with van der Waals surface area (Å²) in [6, 6.07) is 7.78. The minimum Gasteiger partial charge on any atom is -0.494 e. The summed E-state index contributed by atoms with van der Waals surface area (Å²) < 4.78 is 11.3. The lowest BCUT2D eigenvalue weighted by atomic mass is 10.2. The number of hydrogen-bond donors (Lipinski definition) is 2. The summed E-state index contributed by atoms with van der Waals surface area (Å²) in [7, 11) is 0. The van der Waals surface area contributed by atoms with E-state index in [0.29, 0.717) is 17.6 Å². The Hall–Kier alpha value is -1.37. The van der Waals surface area contributed by atoms with Crippen molar-refractivity contribution in [1.29, 1.82) is 0 Å². The summed E-state index contributed by atoms with van der Waals surface area (Å²) in [5, 5.41) is 7.06. The maximum absolute atomic E-state index is 5.82. The van der Waals surface area contributed by atoms with Gasteiger partial charge < -0.3 is 20.1 Å². The average Bonchev–Trinajstić information content (AvgIpc) is 2.55. The highest BCUT2D eigenvalue weighted by molar-refractivity contribution is 7.80. The second-order valence-corrected chi connectivity index (χ2v) is 6.85. The third-order valence-electron chi connectivity index (χ3n) is 3.76. The minimum absolute atomic E-state index is 0.178. The summed E-state index contributed by atoms with van der Waals surface area (Å²) >= 11 is 5.37. The van der Waals surface area contributed by atoms with Crippen molar-refractivity contribution in [2.45, 2.75) is 26.9 Å². The highest BCUT2D eigenvalue weighted by atomic mass is 32.1. The molecule has 134 valence electrons. The molecule has 1 fully saturated rings. The van der Waals surface area contributed by atoms with Gasteiger partial charge in [-0.3, -0.25) is 4.90 Å². The molecule has 1 heterocycles. The zero-order chi connectivity index (χ0) is 17.4. The average molecular weight is 352 g/mol. The summed E-state index contributed by atoms with van der Waals surface area (Å²) in [4.78, 5) is 2.46. The van der Waals surface area contributed by atoms with Crippen LogP contribution in [0.1, 0.15) is 20.8 Å². The van der Waals surface area contributed by atoms with E-state index in [4.69, 9.17) is 21.7 Å². The van der Waals surface area contributed by atoms with Gasteiger partial charge in [0.15, 0.2) is 5.11 Å². The predicted octanol–water partition coefficient (Wildman–Crippen LogP) is 2.73. The van der Waals surface area contributed by atoms with Gasteiger partial charge in [0.2, 0.25) is 0 Å². The number of thiocarbonyl (C=S) groups is 1. The van der Waals surface area contributed by atoms with Gasteiger partial charge in [-0.15, -0.1) is 0 Å². The standard InChI is InChI=1S/C18H29N3O2S/c1-4-22-16-7-5-15(6-8-16)20-18(24)19-11-17-13-21(9-10-23-17)12-14(2)3/h5-8,14,17H,4,9-13H2,1-3H3,(H2,19,20,24)/t17-/m0/s1. The molecule has 0 radical (unpaired) electrons. The first kappa shape index (κ1) is 19.0. The molecular weight excluding hydrogens is 322 g/mol. The molecule has 0 unspecified atom stereocenters. The van der Waals surface area contributed by atoms with Gasteiger partial charge in [0.25, 0.3) is 0 Å². The van der Waals surface area contributed by atoms with Crippen LogP contribution in [0.5, 0.6) is 5.75 Å². The Morgan fingerprint density at radius 2 is 2.12 bits per heavy atom. The van der Waals surface area contributed by atoms with Crippen LogP contribution in [0.2, 0.25) is 0 Å². The summed E-state index contributed by atoms with van der Waals surface area (Å²) in [5.74, 6) is 1.54. The molecule has 0 amide bonds. The number of ether oxygens (including phenoxy) is 2. The van der Waals surface area contributed by atoms with Gasteiger partial charge in [-0.25, -0.2) is 0 Å². The molecule has 0 spiro atoms. The van der Waals surface area contributed by atoms with E-state index >= 15 is 0 Å². The van der Waals surface area contributed by atoms with E-state index in [9.17, 15) is 0 Å². The van der Waals surface area contributed by atoms with E-state index in [1.54, 1.807) is 0 Å². The summed E-state index contributed by atoms with van der Waals surface area (Å²) in [6.07, 6.45) is 0.178. The first-order valence-corrected chi connectivity index (χ1v) is 9.09. The second kappa shape index (κ2) is 9.81. The molecule has 1 aliphatic rings. The second-order valence-electron chi connectivity index (χ2n) is 6.44. The van der Waals surface area contributed by atoms with Gasteiger partial charge in [-0.2, -0.15) is 0 Å². The Kier molecular flexibility index (Phi) is 7.75. The van der Waals surface area contributed by atoms with Gasteiger partial charge in [0.1, 0.15) is 5.75 Å². The Morgan fingerprint density at radius 3 is 2.79 bits per heavy atom. The highest BCUT2D eigenvalue weighted by Crippen LogP contribution is 2.15. The number of rotatable bonds is 7. The molecule has 1 aromatic rings. The first-order chi connectivity index (χ1) is 11.6. The summed E-state index contributed by atoms with van der Waals surface area (Å²) in [5.41, 5.74) is 0.946. The lowest BCUT2D eigenvalue weighted by Gasteiger charge is -2.34. The number of nitrogens with one attached hydrogen (secondary N) is 2. The maximum atomic E-state index is 5.82. The topological polar surface area (TPSA) is 45.8 Å². The SMILES string of the molecule is CCOc1ccc(NC(=S)NC[C@H]2CN(CC(C)C)CCO2)cc1. The number of benzene rings is 1. The monoisotopic (exact) mass is 351 g/mol. The van der Waals surface area contributed by atoms with Crippen LogP contribution in [0, 0.1) is 5.92 Å². The Bertz CT molecular complexity index is 507. The van der Waals surface area contributed by atoms with Gasteiger partial charge in [0.05, 0.1) is 19.3 Å². The molecule has 5 nitrogen and oxygen atoms in total. The molecule has 1 saturated heterocycles. The molecule has 24 heavy (non-hydrogen) atoms. The highest BCUT2D eigenvalue weighted by Gasteiger charge is 2.20. The fourth-order valence-corrected chi connectivity index (χ4v) is 2.97. The van der Waals surface area contributed by atoms with Crippen molar-refractivity contribution >= 4 is 23.0 Å². The molecule has 6 heteroatoms. The molecule has 1 atom stereocenters. The van der Waals surface area contributed by atoms with Crippen molar-refractivity contribution in [1.82, 2.24) is 10.2 Å². The third kappa shape index (κ3) is 6.63. The summed E-state index contributed by atoms with van der Waals surface area (Å²) in [6.45, 7) is 11.7. The van der Waals surface area contributed by atoms with Gasteiger partial charge >= 0.3 is 0 Å². The molecule has 0 aliphatic carbocycles. The van der Waals surface area contributed by atoms with Crippen molar-refractivity contribution in [3.63, 3.8) is 0 Å². The Morgan fingerprint density at radius 1 is 1.38 bits per heavy atom. The number of morpholine rings is 1. The van der Waals surface area contributed by atoms with Crippen LogP contribution in [0.3, 0.4) is 0 Å². The zero-order valence-electron chi connectivity index (χ0n) is 14.9. The number of anilines is 1. The molecule has 0 bridgehead atoms. The molecule has 1 aliphatic heterocycles. The van der Waals surface area contributed by atoms with Crippen LogP contribution in [-0.2, 0) is 4.74 Å². The lowest BCUT2D eigenvalue weighted by Crippen LogP contribution is -2.48. The quantitative estimate of drug-likeness (QED) is 0.737. The van der Waals surface area contributed by atoms with E-state index in [0.717, 1.165) is 44.2 Å². The zero-order valence-corrected chi connectivity index (χ0v) is 15.7. The van der Waals surface area contributed by atoms with Crippen molar-refractivity contribution in [3.05, 3.63) is 24.3 Å². The Labute approximate surface area is 150 Å². The fraction of sp³-hybridized carbons (Fsp3) is 0.611. The van der Waals surface area contributed by atoms with E-state index in [2.05, 4.69) is 29.4 Å². The van der Waals surface area contributed by atoms with Crippen LogP contribution in [-0.4, -0.2) is 55.5 Å². The van der Waals surface area contributed by atoms with Crippen molar-refractivity contribution in [3.8, 4) is 5.75 Å². The van der Waals surface area contributed by atoms with Crippen molar-refractivity contribution in [2.24, 2.45) is 5.92 Å². The maximum Gasteiger partial charge on any atom is 0.170 e. The van der Waals surface area contributed by atoms with Crippen LogP contribution < -0.4 is 15.4 Å². The first-order valence-electron chi connectivity index (χ1n) is 8.68. The van der Waals surface area contributed by atoms with E-state index in [-0.39, 0.29) is 6.10 Å². The van der Waals surface area contributed by atoms with E-state index in [1.165, 1.54) is 0 Å². The van der Waals surface area contributed by atoms with Crippen LogP contribution in [0.4, 0.5) is 5.69 Å². The number of hydrogen-bond acceptors (Lipinski definition) is 4. The van der Waals surface area contributed by atoms with Gasteiger partial charge in [0, 0.05) is 31.9 Å². The molecule has 2 N–H and O–H groups in total. The van der Waals surface area contributed by atoms with Crippen LogP contribution in [0.25, 0.3) is 0 Å². The van der Waals surface area contributed by atoms with Gasteiger partial charge in [-0.05, 0) is 49.3 Å². The smallest absolute Gasteiger partial charge is 0.170 e. The van der Waals surface area contributed by atoms with Crippen molar-refractivity contribution < 1.29 is 9.47 Å². The molecular formula is C18H29N3O2S. The molecule has 0 aromatic heterocycles. The molecule has 0 saturated carbocycles. The number of nitrogens with zero attached hydrogens (tertiary/aromatic N) is 1. The fourth-order valence-electron chi connectivity index (χ4n) is 2.77. The van der Waals surface area contributed by atoms with Gasteiger partial charge in [-0.1, -0.05) is 13.8 Å². The largest absolute Gasteiger partial charge is 0.494 e. The van der Waals surface area contributed by atoms with E-state index < -0.39 is 0 Å². The van der Waals surface area contributed by atoms with Crippen LogP contribution >= 0.6 is 12.2 Å². The minimum atomic E-state index is 0.178. The third-order valence-corrected chi connectivity index (χ3v) is 4.01. The predicted molar refractivity (Wildman–Crippen MR) is 103 cm³/mol.